The number of carbonyl (C=O) groups is 2. The molecular weight excluding hydrogens is 488 g/mol. The molecule has 12 heteroatoms. The lowest BCUT2D eigenvalue weighted by molar-refractivity contribution is -0.384. The van der Waals surface area contributed by atoms with Crippen molar-refractivity contribution in [2.75, 3.05) is 24.2 Å². The van der Waals surface area contributed by atoms with E-state index >= 15 is 0 Å². The minimum Gasteiger partial charge on any atom is -0.497 e. The van der Waals surface area contributed by atoms with Crippen LogP contribution in [0.25, 0.3) is 0 Å². The van der Waals surface area contributed by atoms with Crippen LogP contribution >= 0.6 is 0 Å². The van der Waals surface area contributed by atoms with Gasteiger partial charge in [0.05, 0.1) is 24.0 Å². The Morgan fingerprint density at radius 1 is 1.14 bits per heavy atom. The molecule has 1 atom stereocenters. The summed E-state index contributed by atoms with van der Waals surface area (Å²) in [4.78, 5) is 38.4. The smallest absolute Gasteiger partial charge is 0.271 e. The minimum absolute atomic E-state index is 0.0240. The first-order chi connectivity index (χ1) is 16.9. The van der Waals surface area contributed by atoms with Gasteiger partial charge >= 0.3 is 0 Å². The third-order valence-corrected chi connectivity index (χ3v) is 6.48. The fraction of sp³-hybridized carbons (Fsp3) is 0.417. The van der Waals surface area contributed by atoms with E-state index in [4.69, 9.17) is 4.74 Å². The maximum atomic E-state index is 13.6. The molecule has 0 radical (unpaired) electrons. The first-order valence-electron chi connectivity index (χ1n) is 11.3. The number of non-ortho nitro benzene ring substituents is 1. The van der Waals surface area contributed by atoms with Gasteiger partial charge in [-0.25, -0.2) is 8.42 Å². The first-order valence-corrected chi connectivity index (χ1v) is 13.2. The normalized spacial score (nSPS) is 12.1. The lowest BCUT2D eigenvalue weighted by Crippen LogP contribution is -2.53. The SMILES string of the molecule is CCC(C(=O)NC(C)C)N(Cc1ccc(OC)cc1)C(=O)CN(c1cccc([N+](=O)[O-])c1)S(C)(=O)=O. The number of anilines is 1. The van der Waals surface area contributed by atoms with Crippen molar-refractivity contribution >= 4 is 33.2 Å². The van der Waals surface area contributed by atoms with Crippen molar-refractivity contribution in [2.45, 2.75) is 45.8 Å². The van der Waals surface area contributed by atoms with Crippen LogP contribution in [0.15, 0.2) is 48.5 Å². The number of benzene rings is 2. The third-order valence-electron chi connectivity index (χ3n) is 5.34. The van der Waals surface area contributed by atoms with E-state index in [9.17, 15) is 28.1 Å². The molecule has 2 aromatic carbocycles. The summed E-state index contributed by atoms with van der Waals surface area (Å²) in [7, 11) is -2.47. The second-order valence-corrected chi connectivity index (χ2v) is 10.4. The maximum Gasteiger partial charge on any atom is 0.271 e. The molecular formula is C24H32N4O7S. The van der Waals surface area contributed by atoms with E-state index in [1.54, 1.807) is 45.0 Å². The number of hydrogen-bond acceptors (Lipinski definition) is 7. The number of nitro groups is 1. The fourth-order valence-electron chi connectivity index (χ4n) is 3.60. The molecule has 0 bridgehead atoms. The van der Waals surface area contributed by atoms with Gasteiger partial charge in [0.25, 0.3) is 5.69 Å². The number of amides is 2. The summed E-state index contributed by atoms with van der Waals surface area (Å²) in [5.41, 5.74) is 0.372. The highest BCUT2D eigenvalue weighted by Crippen LogP contribution is 2.24. The van der Waals surface area contributed by atoms with Gasteiger partial charge in [-0.05, 0) is 44.0 Å². The van der Waals surface area contributed by atoms with Crippen molar-refractivity contribution in [1.82, 2.24) is 10.2 Å². The number of sulfonamides is 1. The predicted molar refractivity (Wildman–Crippen MR) is 136 cm³/mol. The van der Waals surface area contributed by atoms with E-state index in [1.807, 2.05) is 0 Å². The molecule has 11 nitrogen and oxygen atoms in total. The van der Waals surface area contributed by atoms with Crippen molar-refractivity contribution in [3.05, 3.63) is 64.2 Å². The summed E-state index contributed by atoms with van der Waals surface area (Å²) in [6.07, 6.45) is 1.20. The van der Waals surface area contributed by atoms with Gasteiger partial charge in [-0.15, -0.1) is 0 Å². The Bertz CT molecular complexity index is 1180. The number of rotatable bonds is 12. The predicted octanol–water partition coefficient (Wildman–Crippen LogP) is 2.70. The fourth-order valence-corrected chi connectivity index (χ4v) is 4.44. The van der Waals surface area contributed by atoms with Gasteiger partial charge in [0, 0.05) is 24.7 Å². The molecule has 2 rings (SSSR count). The van der Waals surface area contributed by atoms with Gasteiger partial charge in [0.15, 0.2) is 0 Å². The van der Waals surface area contributed by atoms with Crippen molar-refractivity contribution in [2.24, 2.45) is 0 Å². The van der Waals surface area contributed by atoms with Gasteiger partial charge in [0.2, 0.25) is 21.8 Å². The minimum atomic E-state index is -4.00. The number of nitrogens with one attached hydrogen (secondary N) is 1. The molecule has 0 heterocycles. The van der Waals surface area contributed by atoms with Crippen LogP contribution in [0.4, 0.5) is 11.4 Å². The summed E-state index contributed by atoms with van der Waals surface area (Å²) in [5, 5.41) is 14.0. The number of methoxy groups -OCH3 is 1. The number of nitrogens with zero attached hydrogens (tertiary/aromatic N) is 3. The van der Waals surface area contributed by atoms with E-state index < -0.39 is 33.4 Å². The zero-order chi connectivity index (χ0) is 27.0. The third kappa shape index (κ3) is 7.67. The zero-order valence-electron chi connectivity index (χ0n) is 21.0. The maximum absolute atomic E-state index is 13.6. The van der Waals surface area contributed by atoms with Crippen LogP contribution in [0.2, 0.25) is 0 Å². The number of carbonyl (C=O) groups excluding carboxylic acids is 2. The van der Waals surface area contributed by atoms with Crippen LogP contribution in [0.1, 0.15) is 32.8 Å². The average Bonchev–Trinajstić information content (AvgIpc) is 2.81. The van der Waals surface area contributed by atoms with Gasteiger partial charge in [-0.2, -0.15) is 0 Å². The monoisotopic (exact) mass is 520 g/mol. The summed E-state index contributed by atoms with van der Waals surface area (Å²) in [6, 6.07) is 10.9. The lowest BCUT2D eigenvalue weighted by Gasteiger charge is -2.33. The summed E-state index contributed by atoms with van der Waals surface area (Å²) in [5.74, 6) is -0.376. The summed E-state index contributed by atoms with van der Waals surface area (Å²) >= 11 is 0. The van der Waals surface area contributed by atoms with E-state index in [0.717, 1.165) is 16.6 Å². The summed E-state index contributed by atoms with van der Waals surface area (Å²) < 4.78 is 31.2. The molecule has 0 spiro atoms. The van der Waals surface area contributed by atoms with E-state index in [2.05, 4.69) is 5.32 Å². The van der Waals surface area contributed by atoms with Gasteiger partial charge in [-0.1, -0.05) is 25.1 Å². The zero-order valence-corrected chi connectivity index (χ0v) is 21.8. The second-order valence-electron chi connectivity index (χ2n) is 8.50. The van der Waals surface area contributed by atoms with Crippen LogP contribution in [0, 0.1) is 10.1 Å². The Labute approximate surface area is 211 Å². The number of ether oxygens (including phenoxy) is 1. The van der Waals surface area contributed by atoms with Crippen LogP contribution in [0.5, 0.6) is 5.75 Å². The molecule has 0 fully saturated rings. The molecule has 0 aromatic heterocycles. The highest BCUT2D eigenvalue weighted by Gasteiger charge is 2.32. The Hall–Kier alpha value is -3.67. The molecule has 0 saturated heterocycles. The van der Waals surface area contributed by atoms with Crippen molar-refractivity contribution in [3.63, 3.8) is 0 Å². The first kappa shape index (κ1) is 28.6. The quantitative estimate of drug-likeness (QED) is 0.335. The van der Waals surface area contributed by atoms with E-state index in [-0.39, 0.29) is 36.3 Å². The standard InChI is InChI=1S/C24H32N4O7S/c1-6-22(24(30)25-17(2)3)26(15-18-10-12-21(35-4)13-11-18)23(29)16-27(36(5,33)34)19-8-7-9-20(14-19)28(31)32/h7-14,17,22H,6,15-16H2,1-5H3,(H,25,30). The Kier molecular flexibility index (Phi) is 9.79. The van der Waals surface area contributed by atoms with Crippen LogP contribution in [0.3, 0.4) is 0 Å². The van der Waals surface area contributed by atoms with Crippen LogP contribution < -0.4 is 14.4 Å². The summed E-state index contributed by atoms with van der Waals surface area (Å²) in [6.45, 7) is 4.76. The van der Waals surface area contributed by atoms with Crippen molar-refractivity contribution < 1.29 is 27.7 Å². The molecule has 0 aliphatic rings. The molecule has 0 aliphatic carbocycles. The molecule has 1 N–H and O–H groups in total. The second kappa shape index (κ2) is 12.3. The lowest BCUT2D eigenvalue weighted by atomic mass is 10.1. The molecule has 36 heavy (non-hydrogen) atoms. The number of hydrogen-bond donors (Lipinski definition) is 1. The molecule has 2 amide bonds. The van der Waals surface area contributed by atoms with Gasteiger partial charge in [-0.3, -0.25) is 24.0 Å². The topological polar surface area (TPSA) is 139 Å². The average molecular weight is 521 g/mol. The van der Waals surface area contributed by atoms with Crippen LogP contribution in [-0.4, -0.2) is 62.0 Å². The number of nitro benzene ring substituents is 1. The van der Waals surface area contributed by atoms with E-state index in [0.29, 0.717) is 11.3 Å². The molecule has 2 aromatic rings. The van der Waals surface area contributed by atoms with Crippen molar-refractivity contribution in [3.8, 4) is 5.75 Å². The Morgan fingerprint density at radius 3 is 2.28 bits per heavy atom. The Morgan fingerprint density at radius 2 is 1.78 bits per heavy atom. The molecule has 0 saturated carbocycles. The highest BCUT2D eigenvalue weighted by atomic mass is 32.2. The van der Waals surface area contributed by atoms with Crippen molar-refractivity contribution in [1.29, 1.82) is 0 Å². The molecule has 1 unspecified atom stereocenters. The molecule has 196 valence electrons. The largest absolute Gasteiger partial charge is 0.497 e. The van der Waals surface area contributed by atoms with Gasteiger partial charge < -0.3 is 15.0 Å². The highest BCUT2D eigenvalue weighted by molar-refractivity contribution is 7.92. The van der Waals surface area contributed by atoms with Gasteiger partial charge in [0.1, 0.15) is 18.3 Å². The Balaban J connectivity index is 2.47. The van der Waals surface area contributed by atoms with E-state index in [1.165, 1.54) is 30.2 Å². The molecule has 0 aliphatic heterocycles. The van der Waals surface area contributed by atoms with Crippen LogP contribution in [-0.2, 0) is 26.2 Å².